The molecule has 0 saturated carbocycles. The van der Waals surface area contributed by atoms with Gasteiger partial charge in [0, 0.05) is 13.1 Å². The Morgan fingerprint density at radius 2 is 2.00 bits per heavy atom. The predicted octanol–water partition coefficient (Wildman–Crippen LogP) is 1.72. The number of amides is 1. The van der Waals surface area contributed by atoms with Gasteiger partial charge in [-0.25, -0.2) is 4.98 Å². The Hall–Kier alpha value is -2.21. The molecule has 6 nitrogen and oxygen atoms in total. The minimum absolute atomic E-state index is 0.0470. The van der Waals surface area contributed by atoms with Gasteiger partial charge in [0.05, 0.1) is 17.5 Å². The molecule has 0 aliphatic carbocycles. The summed E-state index contributed by atoms with van der Waals surface area (Å²) in [5.41, 5.74) is 0.433. The number of aliphatic hydroxyl groups is 1. The lowest BCUT2D eigenvalue weighted by Crippen LogP contribution is -2.39. The van der Waals surface area contributed by atoms with Crippen LogP contribution < -0.4 is 5.56 Å². The second-order valence-corrected chi connectivity index (χ2v) is 5.88. The van der Waals surface area contributed by atoms with Crippen molar-refractivity contribution >= 4 is 16.8 Å². The number of benzene rings is 1. The van der Waals surface area contributed by atoms with E-state index in [4.69, 9.17) is 0 Å². The number of para-hydroxylation sites is 1. The lowest BCUT2D eigenvalue weighted by Gasteiger charge is -2.22. The van der Waals surface area contributed by atoms with E-state index in [0.29, 0.717) is 23.3 Å². The Morgan fingerprint density at radius 3 is 2.71 bits per heavy atom. The Bertz CT molecular complexity index is 755. The molecule has 2 aromatic rings. The van der Waals surface area contributed by atoms with Crippen molar-refractivity contribution in [2.45, 2.75) is 39.7 Å². The van der Waals surface area contributed by atoms with Crippen LogP contribution in [0.5, 0.6) is 0 Å². The average Bonchev–Trinajstić information content (AvgIpc) is 2.58. The van der Waals surface area contributed by atoms with Crippen LogP contribution >= 0.6 is 0 Å². The van der Waals surface area contributed by atoms with Crippen LogP contribution in [0.15, 0.2) is 29.1 Å². The molecule has 0 spiro atoms. The first kappa shape index (κ1) is 18.1. The van der Waals surface area contributed by atoms with Gasteiger partial charge in [-0.05, 0) is 25.5 Å². The van der Waals surface area contributed by atoms with Gasteiger partial charge < -0.3 is 10.0 Å². The van der Waals surface area contributed by atoms with Gasteiger partial charge in [-0.3, -0.25) is 14.2 Å². The molecule has 2 rings (SSSR count). The summed E-state index contributed by atoms with van der Waals surface area (Å²) in [4.78, 5) is 31.2. The van der Waals surface area contributed by atoms with Gasteiger partial charge in [0.1, 0.15) is 12.4 Å². The summed E-state index contributed by atoms with van der Waals surface area (Å²) in [6.07, 6.45) is 2.99. The standard InChI is InChI=1S/C18H25N3O3/c1-3-4-7-10-20(11-12-22)17(23)13-21-14(2)19-16-9-6-5-8-15(16)18(21)24/h5-6,8-9,22H,3-4,7,10-13H2,1-2H3. The second kappa shape index (κ2) is 8.59. The molecule has 0 aliphatic heterocycles. The number of aryl methyl sites for hydroxylation is 1. The molecule has 0 unspecified atom stereocenters. The molecule has 0 radical (unpaired) electrons. The summed E-state index contributed by atoms with van der Waals surface area (Å²) in [6, 6.07) is 7.13. The maximum atomic E-state index is 12.6. The molecule has 1 aromatic carbocycles. The third-order valence-electron chi connectivity index (χ3n) is 4.10. The van der Waals surface area contributed by atoms with Crippen LogP contribution in [0.1, 0.15) is 32.0 Å². The summed E-state index contributed by atoms with van der Waals surface area (Å²) < 4.78 is 1.41. The van der Waals surface area contributed by atoms with E-state index in [-0.39, 0.29) is 31.2 Å². The van der Waals surface area contributed by atoms with E-state index >= 15 is 0 Å². The minimum Gasteiger partial charge on any atom is -0.395 e. The quantitative estimate of drug-likeness (QED) is 0.747. The molecule has 6 heteroatoms. The molecule has 0 aliphatic rings. The van der Waals surface area contributed by atoms with Crippen LogP contribution in [0.3, 0.4) is 0 Å². The fourth-order valence-electron chi connectivity index (χ4n) is 2.74. The number of nitrogens with zero attached hydrogens (tertiary/aromatic N) is 3. The number of hydrogen-bond acceptors (Lipinski definition) is 4. The fourth-order valence-corrected chi connectivity index (χ4v) is 2.74. The normalized spacial score (nSPS) is 11.0. The highest BCUT2D eigenvalue weighted by atomic mass is 16.3. The summed E-state index contributed by atoms with van der Waals surface area (Å²) in [5, 5.41) is 9.69. The molecule has 1 amide bonds. The van der Waals surface area contributed by atoms with Gasteiger partial charge in [-0.15, -0.1) is 0 Å². The molecule has 130 valence electrons. The zero-order chi connectivity index (χ0) is 17.5. The maximum Gasteiger partial charge on any atom is 0.261 e. The number of carbonyl (C=O) groups is 1. The summed E-state index contributed by atoms with van der Waals surface area (Å²) >= 11 is 0. The Kier molecular flexibility index (Phi) is 6.49. The van der Waals surface area contributed by atoms with Crippen LogP contribution in [-0.2, 0) is 11.3 Å². The van der Waals surface area contributed by atoms with E-state index in [1.165, 1.54) is 4.57 Å². The van der Waals surface area contributed by atoms with Gasteiger partial charge >= 0.3 is 0 Å². The molecule has 0 fully saturated rings. The first-order valence-corrected chi connectivity index (χ1v) is 8.43. The predicted molar refractivity (Wildman–Crippen MR) is 93.9 cm³/mol. The van der Waals surface area contributed by atoms with Gasteiger partial charge in [0.25, 0.3) is 5.56 Å². The fraction of sp³-hybridized carbons (Fsp3) is 0.500. The van der Waals surface area contributed by atoms with Crippen molar-refractivity contribution in [1.82, 2.24) is 14.5 Å². The zero-order valence-electron chi connectivity index (χ0n) is 14.4. The molecule has 0 bridgehead atoms. The van der Waals surface area contributed by atoms with E-state index in [9.17, 15) is 14.7 Å². The molecular formula is C18H25N3O3. The Morgan fingerprint density at radius 1 is 1.25 bits per heavy atom. The van der Waals surface area contributed by atoms with Gasteiger partial charge in [0.2, 0.25) is 5.91 Å². The Balaban J connectivity index is 2.23. The van der Waals surface area contributed by atoms with Crippen LogP contribution in [-0.4, -0.2) is 45.2 Å². The van der Waals surface area contributed by atoms with Gasteiger partial charge in [0.15, 0.2) is 0 Å². The maximum absolute atomic E-state index is 12.6. The molecule has 1 heterocycles. The average molecular weight is 331 g/mol. The van der Waals surface area contributed by atoms with Crippen LogP contribution in [0.25, 0.3) is 10.9 Å². The molecule has 0 atom stereocenters. The van der Waals surface area contributed by atoms with E-state index in [1.807, 2.05) is 6.07 Å². The number of rotatable bonds is 8. The monoisotopic (exact) mass is 331 g/mol. The zero-order valence-corrected chi connectivity index (χ0v) is 14.4. The molecule has 1 N–H and O–H groups in total. The summed E-state index contributed by atoms with van der Waals surface area (Å²) in [5.74, 6) is 0.354. The number of unbranched alkanes of at least 4 members (excludes halogenated alkanes) is 2. The van der Waals surface area contributed by atoms with Gasteiger partial charge in [-0.1, -0.05) is 31.9 Å². The van der Waals surface area contributed by atoms with Crippen molar-refractivity contribution in [2.75, 3.05) is 19.7 Å². The second-order valence-electron chi connectivity index (χ2n) is 5.88. The number of fused-ring (bicyclic) bond motifs is 1. The minimum atomic E-state index is -0.205. The first-order valence-electron chi connectivity index (χ1n) is 8.43. The number of carbonyl (C=O) groups excluding carboxylic acids is 1. The van der Waals surface area contributed by atoms with Gasteiger partial charge in [-0.2, -0.15) is 0 Å². The lowest BCUT2D eigenvalue weighted by molar-refractivity contribution is -0.132. The van der Waals surface area contributed by atoms with E-state index in [0.717, 1.165) is 19.3 Å². The molecule has 24 heavy (non-hydrogen) atoms. The lowest BCUT2D eigenvalue weighted by atomic mass is 10.2. The third kappa shape index (κ3) is 4.20. The van der Waals surface area contributed by atoms with E-state index in [2.05, 4.69) is 11.9 Å². The van der Waals surface area contributed by atoms with Crippen LogP contribution in [0.4, 0.5) is 0 Å². The number of aliphatic hydroxyl groups excluding tert-OH is 1. The van der Waals surface area contributed by atoms with Crippen molar-refractivity contribution in [1.29, 1.82) is 0 Å². The molecule has 0 saturated heterocycles. The van der Waals surface area contributed by atoms with E-state index in [1.54, 1.807) is 30.0 Å². The van der Waals surface area contributed by atoms with Crippen molar-refractivity contribution in [3.05, 3.63) is 40.4 Å². The largest absolute Gasteiger partial charge is 0.395 e. The van der Waals surface area contributed by atoms with Crippen molar-refractivity contribution in [3.63, 3.8) is 0 Å². The SMILES string of the molecule is CCCCCN(CCO)C(=O)Cn1c(C)nc2ccccc2c1=O. The third-order valence-corrected chi connectivity index (χ3v) is 4.10. The number of aromatic nitrogens is 2. The summed E-state index contributed by atoms with van der Waals surface area (Å²) in [7, 11) is 0. The van der Waals surface area contributed by atoms with Crippen molar-refractivity contribution in [3.8, 4) is 0 Å². The van der Waals surface area contributed by atoms with Crippen LogP contribution in [0.2, 0.25) is 0 Å². The van der Waals surface area contributed by atoms with Crippen molar-refractivity contribution < 1.29 is 9.90 Å². The topological polar surface area (TPSA) is 75.4 Å². The summed E-state index contributed by atoms with van der Waals surface area (Å²) in [6.45, 7) is 4.59. The molecular weight excluding hydrogens is 306 g/mol. The highest BCUT2D eigenvalue weighted by Gasteiger charge is 2.16. The smallest absolute Gasteiger partial charge is 0.261 e. The van der Waals surface area contributed by atoms with E-state index < -0.39 is 0 Å². The number of hydrogen-bond donors (Lipinski definition) is 1. The van der Waals surface area contributed by atoms with Crippen molar-refractivity contribution in [2.24, 2.45) is 0 Å². The highest BCUT2D eigenvalue weighted by Crippen LogP contribution is 2.08. The Labute approximate surface area is 141 Å². The highest BCUT2D eigenvalue weighted by molar-refractivity contribution is 5.79. The first-order chi connectivity index (χ1) is 11.6. The van der Waals surface area contributed by atoms with Crippen LogP contribution in [0, 0.1) is 6.92 Å². The molecule has 1 aromatic heterocycles.